The van der Waals surface area contributed by atoms with Crippen molar-refractivity contribution in [2.24, 2.45) is 10.9 Å². The van der Waals surface area contributed by atoms with Gasteiger partial charge in [-0.15, -0.1) is 0 Å². The predicted octanol–water partition coefficient (Wildman–Crippen LogP) is 4.07. The van der Waals surface area contributed by atoms with Crippen LogP contribution in [-0.4, -0.2) is 56.3 Å². The van der Waals surface area contributed by atoms with Gasteiger partial charge in [0, 0.05) is 25.6 Å². The average molecular weight is 405 g/mol. The van der Waals surface area contributed by atoms with Crippen LogP contribution in [0.5, 0.6) is 0 Å². The molecule has 2 rings (SSSR count). The highest BCUT2D eigenvalue weighted by molar-refractivity contribution is 7.07. The lowest BCUT2D eigenvalue weighted by molar-refractivity contribution is -0.148. The number of piperidine rings is 1. The van der Waals surface area contributed by atoms with Crippen LogP contribution in [0.15, 0.2) is 21.8 Å². The Kier molecular flexibility index (Phi) is 8.89. The molecule has 1 unspecified atom stereocenters. The van der Waals surface area contributed by atoms with Crippen molar-refractivity contribution in [1.29, 1.82) is 0 Å². The number of likely N-dealkylation sites (tertiary alicyclic amines) is 1. The van der Waals surface area contributed by atoms with Crippen LogP contribution < -0.4 is 10.6 Å². The molecule has 2 N–H and O–H groups in total. The summed E-state index contributed by atoms with van der Waals surface area (Å²) in [5.41, 5.74) is 1.31. The predicted molar refractivity (Wildman–Crippen MR) is 107 cm³/mol. The summed E-state index contributed by atoms with van der Waals surface area (Å²) < 4.78 is 37.3. The number of nitrogens with one attached hydrogen (secondary N) is 2. The summed E-state index contributed by atoms with van der Waals surface area (Å²) in [4.78, 5) is 6.19. The molecule has 0 amide bonds. The highest BCUT2D eigenvalue weighted by atomic mass is 32.1. The van der Waals surface area contributed by atoms with E-state index in [-0.39, 0.29) is 0 Å². The molecule has 0 bridgehead atoms. The van der Waals surface area contributed by atoms with Crippen molar-refractivity contribution >= 4 is 17.3 Å². The second kappa shape index (κ2) is 10.9. The van der Waals surface area contributed by atoms with Crippen LogP contribution in [0.4, 0.5) is 13.2 Å². The average Bonchev–Trinajstić information content (AvgIpc) is 3.14. The molecule has 1 aromatic rings. The number of rotatable bonds is 8. The number of aliphatic imine (C=N–C) groups is 1. The van der Waals surface area contributed by atoms with Gasteiger partial charge < -0.3 is 10.6 Å². The van der Waals surface area contributed by atoms with Crippen LogP contribution in [0.3, 0.4) is 0 Å². The van der Waals surface area contributed by atoms with Crippen LogP contribution in [-0.2, 0) is 0 Å². The molecule has 0 spiro atoms. The van der Waals surface area contributed by atoms with Crippen LogP contribution in [0.2, 0.25) is 0 Å². The Morgan fingerprint density at radius 2 is 2.07 bits per heavy atom. The van der Waals surface area contributed by atoms with Crippen LogP contribution in [0, 0.1) is 5.92 Å². The van der Waals surface area contributed by atoms with Gasteiger partial charge in [-0.2, -0.15) is 24.5 Å². The summed E-state index contributed by atoms with van der Waals surface area (Å²) in [6.07, 6.45) is -1.46. The maximum absolute atomic E-state index is 12.4. The fraction of sp³-hybridized carbons (Fsp3) is 0.737. The minimum absolute atomic E-state index is 0.379. The molecule has 154 valence electrons. The maximum atomic E-state index is 12.4. The molecule has 1 aromatic heterocycles. The van der Waals surface area contributed by atoms with E-state index in [0.717, 1.165) is 44.9 Å². The smallest absolute Gasteiger partial charge is 0.357 e. The molecule has 4 nitrogen and oxygen atoms in total. The molecule has 0 aromatic carbocycles. The van der Waals surface area contributed by atoms with Crippen molar-refractivity contribution in [1.82, 2.24) is 15.5 Å². The van der Waals surface area contributed by atoms with Gasteiger partial charge in [-0.3, -0.25) is 9.89 Å². The Morgan fingerprint density at radius 1 is 1.33 bits per heavy atom. The Balaban J connectivity index is 1.69. The van der Waals surface area contributed by atoms with Crippen LogP contribution in [0.1, 0.15) is 44.6 Å². The topological polar surface area (TPSA) is 39.7 Å². The van der Waals surface area contributed by atoms with E-state index in [0.29, 0.717) is 24.9 Å². The van der Waals surface area contributed by atoms with Gasteiger partial charge in [0.05, 0.1) is 6.54 Å². The fourth-order valence-corrected chi connectivity index (χ4v) is 4.09. The van der Waals surface area contributed by atoms with Gasteiger partial charge in [0.2, 0.25) is 0 Å². The quantitative estimate of drug-likeness (QED) is 0.507. The van der Waals surface area contributed by atoms with E-state index < -0.39 is 12.7 Å². The normalized spacial score (nSPS) is 18.5. The van der Waals surface area contributed by atoms with Gasteiger partial charge in [0.15, 0.2) is 5.96 Å². The molecule has 1 aliphatic rings. The number of alkyl halides is 3. The summed E-state index contributed by atoms with van der Waals surface area (Å²) in [6.45, 7) is 6.82. The first-order chi connectivity index (χ1) is 12.9. The maximum Gasteiger partial charge on any atom is 0.401 e. The van der Waals surface area contributed by atoms with E-state index in [2.05, 4.69) is 39.4 Å². The largest absolute Gasteiger partial charge is 0.401 e. The second-order valence-corrected chi connectivity index (χ2v) is 8.01. The third-order valence-electron chi connectivity index (χ3n) is 4.93. The van der Waals surface area contributed by atoms with E-state index in [1.165, 1.54) is 10.5 Å². The highest BCUT2D eigenvalue weighted by Crippen LogP contribution is 2.24. The number of hydrogen-bond donors (Lipinski definition) is 2. The fourth-order valence-electron chi connectivity index (χ4n) is 3.31. The van der Waals surface area contributed by atoms with Gasteiger partial charge >= 0.3 is 6.18 Å². The zero-order valence-electron chi connectivity index (χ0n) is 16.2. The number of halogens is 3. The first kappa shape index (κ1) is 22.0. The molecule has 0 aliphatic carbocycles. The molecule has 0 saturated carbocycles. The molecular formula is C19H31F3N4S. The second-order valence-electron chi connectivity index (χ2n) is 7.23. The van der Waals surface area contributed by atoms with E-state index in [1.807, 2.05) is 6.92 Å². The van der Waals surface area contributed by atoms with Gasteiger partial charge in [0.25, 0.3) is 0 Å². The van der Waals surface area contributed by atoms with Crippen LogP contribution in [0.25, 0.3) is 0 Å². The monoisotopic (exact) mass is 404 g/mol. The Labute approximate surface area is 164 Å². The Morgan fingerprint density at radius 3 is 2.67 bits per heavy atom. The number of thiophene rings is 1. The molecule has 1 fully saturated rings. The first-order valence-corrected chi connectivity index (χ1v) is 10.6. The van der Waals surface area contributed by atoms with Crippen LogP contribution >= 0.6 is 11.3 Å². The van der Waals surface area contributed by atoms with E-state index in [1.54, 1.807) is 11.3 Å². The van der Waals surface area contributed by atoms with E-state index >= 15 is 0 Å². The summed E-state index contributed by atoms with van der Waals surface area (Å²) >= 11 is 1.70. The molecular weight excluding hydrogens is 373 g/mol. The lowest BCUT2D eigenvalue weighted by atomic mass is 9.93. The number of hydrogen-bond acceptors (Lipinski definition) is 3. The van der Waals surface area contributed by atoms with Gasteiger partial charge in [-0.1, -0.05) is 6.92 Å². The van der Waals surface area contributed by atoms with Gasteiger partial charge in [-0.25, -0.2) is 0 Å². The lowest BCUT2D eigenvalue weighted by Gasteiger charge is -2.32. The standard InChI is InChI=1S/C19H31F3N4S/c1-3-23-18(25-12-15(2)17-7-11-27-13-17)24-8-4-16-5-9-26(10-6-16)14-19(20,21)22/h7,11,13,15-16H,3-6,8-10,12,14H2,1-2H3,(H2,23,24,25). The van der Waals surface area contributed by atoms with Crippen molar-refractivity contribution in [2.45, 2.75) is 45.2 Å². The van der Waals surface area contributed by atoms with Crippen molar-refractivity contribution in [3.63, 3.8) is 0 Å². The van der Waals surface area contributed by atoms with Gasteiger partial charge in [-0.05, 0) is 67.6 Å². The minimum atomic E-state index is -4.09. The number of nitrogens with zero attached hydrogens (tertiary/aromatic N) is 2. The Hall–Kier alpha value is -1.28. The third kappa shape index (κ3) is 8.51. The zero-order chi connectivity index (χ0) is 19.7. The van der Waals surface area contributed by atoms with Crippen molar-refractivity contribution in [2.75, 3.05) is 39.3 Å². The molecule has 8 heteroatoms. The molecule has 27 heavy (non-hydrogen) atoms. The van der Waals surface area contributed by atoms with Gasteiger partial charge in [0.1, 0.15) is 0 Å². The first-order valence-electron chi connectivity index (χ1n) is 9.70. The summed E-state index contributed by atoms with van der Waals surface area (Å²) in [7, 11) is 0. The highest BCUT2D eigenvalue weighted by Gasteiger charge is 2.32. The molecule has 1 atom stereocenters. The van der Waals surface area contributed by atoms with E-state index in [9.17, 15) is 13.2 Å². The molecule has 1 aliphatic heterocycles. The van der Waals surface area contributed by atoms with Crippen molar-refractivity contribution < 1.29 is 13.2 Å². The minimum Gasteiger partial charge on any atom is -0.357 e. The molecule has 1 saturated heterocycles. The number of guanidine groups is 1. The SMILES string of the molecule is CCNC(=NCC(C)c1ccsc1)NCCC1CCN(CC(F)(F)F)CC1. The van der Waals surface area contributed by atoms with Crippen molar-refractivity contribution in [3.05, 3.63) is 22.4 Å². The summed E-state index contributed by atoms with van der Waals surface area (Å²) in [5, 5.41) is 10.9. The molecule has 2 heterocycles. The van der Waals surface area contributed by atoms with Crippen molar-refractivity contribution in [3.8, 4) is 0 Å². The Bertz CT molecular complexity index is 552. The summed E-state index contributed by atoms with van der Waals surface area (Å²) in [6, 6.07) is 2.14. The lowest BCUT2D eigenvalue weighted by Crippen LogP contribution is -2.41. The van der Waals surface area contributed by atoms with E-state index in [4.69, 9.17) is 0 Å². The third-order valence-corrected chi connectivity index (χ3v) is 5.64. The summed E-state index contributed by atoms with van der Waals surface area (Å²) in [5.74, 6) is 1.67. The molecule has 0 radical (unpaired) electrons. The zero-order valence-corrected chi connectivity index (χ0v) is 17.0.